The molecule has 0 N–H and O–H groups in total. The standard InChI is InChI=1S/C20H14F6/c1-11-2-4-12(5-3-11)13-6-7-15(16(21)8-13)14-9-17(22)19(18(23)10-14)20(24,25)26/h2,4,6-10H,3,5H2,1H3. The average molecular weight is 368 g/mol. The molecule has 1 aliphatic carbocycles. The normalized spacial score (nSPS) is 14.9. The number of hydrogen-bond acceptors (Lipinski definition) is 0. The second-order valence-electron chi connectivity index (χ2n) is 6.21. The zero-order valence-corrected chi connectivity index (χ0v) is 13.7. The molecule has 26 heavy (non-hydrogen) atoms. The van der Waals surface area contributed by atoms with Gasteiger partial charge in [0.05, 0.1) is 0 Å². The summed E-state index contributed by atoms with van der Waals surface area (Å²) in [5, 5.41) is 0. The highest BCUT2D eigenvalue weighted by molar-refractivity contribution is 5.73. The van der Waals surface area contributed by atoms with Gasteiger partial charge in [-0.25, -0.2) is 13.2 Å². The van der Waals surface area contributed by atoms with Crippen LogP contribution in [-0.4, -0.2) is 0 Å². The summed E-state index contributed by atoms with van der Waals surface area (Å²) in [6.07, 6.45) is 0.249. The van der Waals surface area contributed by atoms with Crippen LogP contribution < -0.4 is 0 Å². The van der Waals surface area contributed by atoms with Crippen LogP contribution in [0, 0.1) is 17.5 Å². The Labute approximate surface area is 146 Å². The van der Waals surface area contributed by atoms with Crippen LogP contribution in [0.4, 0.5) is 26.3 Å². The Balaban J connectivity index is 2.01. The highest BCUT2D eigenvalue weighted by Gasteiger charge is 2.38. The van der Waals surface area contributed by atoms with Gasteiger partial charge in [-0.15, -0.1) is 0 Å². The molecule has 0 spiro atoms. The van der Waals surface area contributed by atoms with Crippen LogP contribution >= 0.6 is 0 Å². The third-order valence-electron chi connectivity index (χ3n) is 4.33. The lowest BCUT2D eigenvalue weighted by Gasteiger charge is -2.14. The zero-order valence-electron chi connectivity index (χ0n) is 13.7. The van der Waals surface area contributed by atoms with Crippen LogP contribution in [0.5, 0.6) is 0 Å². The van der Waals surface area contributed by atoms with E-state index in [1.165, 1.54) is 17.7 Å². The molecule has 6 heteroatoms. The molecule has 0 aromatic heterocycles. The predicted molar refractivity (Wildman–Crippen MR) is 87.7 cm³/mol. The van der Waals surface area contributed by atoms with Crippen molar-refractivity contribution >= 4 is 5.57 Å². The average Bonchev–Trinajstić information content (AvgIpc) is 2.53. The van der Waals surface area contributed by atoms with E-state index < -0.39 is 29.2 Å². The molecule has 0 radical (unpaired) electrons. The molecule has 136 valence electrons. The van der Waals surface area contributed by atoms with Gasteiger partial charge in [0.1, 0.15) is 23.0 Å². The molecular weight excluding hydrogens is 354 g/mol. The van der Waals surface area contributed by atoms with E-state index in [0.29, 0.717) is 17.7 Å². The van der Waals surface area contributed by atoms with Gasteiger partial charge in [-0.2, -0.15) is 13.2 Å². The summed E-state index contributed by atoms with van der Waals surface area (Å²) >= 11 is 0. The molecular formula is C20H14F6. The van der Waals surface area contributed by atoms with Crippen molar-refractivity contribution in [2.24, 2.45) is 0 Å². The molecule has 0 atom stereocenters. The van der Waals surface area contributed by atoms with Crippen molar-refractivity contribution in [1.29, 1.82) is 0 Å². The van der Waals surface area contributed by atoms with Crippen molar-refractivity contribution in [3.63, 3.8) is 0 Å². The minimum Gasteiger partial charge on any atom is -0.206 e. The molecule has 1 aliphatic rings. The summed E-state index contributed by atoms with van der Waals surface area (Å²) in [6, 6.07) is 5.12. The number of alkyl halides is 3. The smallest absolute Gasteiger partial charge is 0.206 e. The number of allylic oxidation sites excluding steroid dienone is 4. The first-order valence-corrected chi connectivity index (χ1v) is 7.89. The molecule has 0 unspecified atom stereocenters. The fraction of sp³-hybridized carbons (Fsp3) is 0.200. The first-order valence-electron chi connectivity index (χ1n) is 7.89. The molecule has 0 nitrogen and oxygen atoms in total. The molecule has 3 rings (SSSR count). The van der Waals surface area contributed by atoms with Crippen molar-refractivity contribution in [2.75, 3.05) is 0 Å². The quantitative estimate of drug-likeness (QED) is 0.505. The van der Waals surface area contributed by atoms with Gasteiger partial charge in [0, 0.05) is 5.56 Å². The Morgan fingerprint density at radius 3 is 1.88 bits per heavy atom. The van der Waals surface area contributed by atoms with Crippen LogP contribution in [-0.2, 0) is 6.18 Å². The van der Waals surface area contributed by atoms with Gasteiger partial charge in [-0.1, -0.05) is 29.9 Å². The third kappa shape index (κ3) is 3.54. The summed E-state index contributed by atoms with van der Waals surface area (Å²) < 4.78 is 79.9. The maximum absolute atomic E-state index is 14.5. The Kier molecular flexibility index (Phi) is 4.69. The van der Waals surface area contributed by atoms with Crippen molar-refractivity contribution in [2.45, 2.75) is 25.9 Å². The molecule has 2 aromatic rings. The monoisotopic (exact) mass is 368 g/mol. The van der Waals surface area contributed by atoms with E-state index in [1.54, 1.807) is 6.07 Å². The van der Waals surface area contributed by atoms with Gasteiger partial charge in [0.15, 0.2) is 0 Å². The largest absolute Gasteiger partial charge is 0.422 e. The van der Waals surface area contributed by atoms with Crippen LogP contribution in [0.2, 0.25) is 0 Å². The Morgan fingerprint density at radius 1 is 0.769 bits per heavy atom. The van der Waals surface area contributed by atoms with Crippen molar-refractivity contribution < 1.29 is 26.3 Å². The number of halogens is 6. The zero-order chi connectivity index (χ0) is 19.1. The molecule has 0 fully saturated rings. The lowest BCUT2D eigenvalue weighted by atomic mass is 9.92. The van der Waals surface area contributed by atoms with Gasteiger partial charge in [-0.3, -0.25) is 0 Å². The summed E-state index contributed by atoms with van der Waals surface area (Å²) in [5.74, 6) is -4.30. The first kappa shape index (κ1) is 18.3. The first-order chi connectivity index (χ1) is 12.2. The molecule has 0 amide bonds. The van der Waals surface area contributed by atoms with Crippen molar-refractivity contribution in [3.05, 3.63) is 76.6 Å². The molecule has 0 saturated carbocycles. The van der Waals surface area contributed by atoms with E-state index in [4.69, 9.17) is 0 Å². The summed E-state index contributed by atoms with van der Waals surface area (Å²) in [7, 11) is 0. The van der Waals surface area contributed by atoms with Crippen molar-refractivity contribution in [3.8, 4) is 11.1 Å². The van der Waals surface area contributed by atoms with Crippen LogP contribution in [0.25, 0.3) is 16.7 Å². The summed E-state index contributed by atoms with van der Waals surface area (Å²) in [6.45, 7) is 1.99. The third-order valence-corrected chi connectivity index (χ3v) is 4.33. The lowest BCUT2D eigenvalue weighted by molar-refractivity contribution is -0.142. The van der Waals surface area contributed by atoms with Gasteiger partial charge < -0.3 is 0 Å². The van der Waals surface area contributed by atoms with E-state index in [2.05, 4.69) is 0 Å². The molecule has 0 bridgehead atoms. The Hall–Kier alpha value is -2.50. The van der Waals surface area contributed by atoms with E-state index in [-0.39, 0.29) is 11.1 Å². The SMILES string of the molecule is CC1=CC=C(c2ccc(-c3cc(F)c(C(F)(F)F)c(F)c3)c(F)c2)CC1. The molecule has 0 aliphatic heterocycles. The molecule has 0 saturated heterocycles. The number of benzene rings is 2. The maximum Gasteiger partial charge on any atom is 0.422 e. The van der Waals surface area contributed by atoms with E-state index in [9.17, 15) is 26.3 Å². The molecule has 0 heterocycles. The Bertz CT molecular complexity index is 895. The fourth-order valence-electron chi connectivity index (χ4n) is 2.93. The summed E-state index contributed by atoms with van der Waals surface area (Å²) in [5.41, 5.74) is 0.330. The van der Waals surface area contributed by atoms with Gasteiger partial charge in [-0.05, 0) is 54.7 Å². The lowest BCUT2D eigenvalue weighted by Crippen LogP contribution is -2.11. The van der Waals surface area contributed by atoms with Gasteiger partial charge in [0.2, 0.25) is 0 Å². The van der Waals surface area contributed by atoms with Gasteiger partial charge in [0.25, 0.3) is 0 Å². The number of hydrogen-bond donors (Lipinski definition) is 0. The minimum absolute atomic E-state index is 0.164. The number of rotatable bonds is 2. The minimum atomic E-state index is -5.16. The van der Waals surface area contributed by atoms with Crippen LogP contribution in [0.3, 0.4) is 0 Å². The predicted octanol–water partition coefficient (Wildman–Crippen LogP) is 6.91. The van der Waals surface area contributed by atoms with E-state index >= 15 is 0 Å². The topological polar surface area (TPSA) is 0 Å². The maximum atomic E-state index is 14.5. The second kappa shape index (κ2) is 6.67. The highest BCUT2D eigenvalue weighted by atomic mass is 19.4. The van der Waals surface area contributed by atoms with Gasteiger partial charge >= 0.3 is 6.18 Å². The molecule has 2 aromatic carbocycles. The van der Waals surface area contributed by atoms with Crippen LogP contribution in [0.1, 0.15) is 30.9 Å². The van der Waals surface area contributed by atoms with Crippen LogP contribution in [0.15, 0.2) is 48.1 Å². The highest BCUT2D eigenvalue weighted by Crippen LogP contribution is 2.37. The van der Waals surface area contributed by atoms with E-state index in [0.717, 1.165) is 18.4 Å². The van der Waals surface area contributed by atoms with Crippen molar-refractivity contribution in [1.82, 2.24) is 0 Å². The summed E-state index contributed by atoms with van der Waals surface area (Å²) in [4.78, 5) is 0. The second-order valence-corrected chi connectivity index (χ2v) is 6.21. The van der Waals surface area contributed by atoms with E-state index in [1.807, 2.05) is 19.1 Å². The Morgan fingerprint density at radius 2 is 1.38 bits per heavy atom. The fourth-order valence-corrected chi connectivity index (χ4v) is 2.93.